The Morgan fingerprint density at radius 1 is 1.00 bits per heavy atom. The topological polar surface area (TPSA) is 131 Å². The number of rotatable bonds is 12. The molecule has 5 aromatic rings. The number of nitrogens with zero attached hydrogens (tertiary/aromatic N) is 4. The van der Waals surface area contributed by atoms with Gasteiger partial charge in [0.2, 0.25) is 5.91 Å². The van der Waals surface area contributed by atoms with Crippen LogP contribution in [0.5, 0.6) is 11.5 Å². The van der Waals surface area contributed by atoms with Crippen molar-refractivity contribution in [2.45, 2.75) is 70.9 Å². The first-order chi connectivity index (χ1) is 27.0. The molecule has 300 valence electrons. The van der Waals surface area contributed by atoms with Gasteiger partial charge in [0.05, 0.1) is 22.8 Å². The summed E-state index contributed by atoms with van der Waals surface area (Å²) < 4.78 is 55.9. The third-order valence-corrected chi connectivity index (χ3v) is 11.7. The Balaban J connectivity index is 1.31. The molecule has 0 saturated carbocycles. The molecule has 0 radical (unpaired) electrons. The van der Waals surface area contributed by atoms with Crippen LogP contribution in [0.3, 0.4) is 0 Å². The number of aromatic nitrogens is 2. The van der Waals surface area contributed by atoms with Crippen LogP contribution in [0.1, 0.15) is 58.2 Å². The summed E-state index contributed by atoms with van der Waals surface area (Å²) >= 11 is 7.76. The Morgan fingerprint density at radius 3 is 2.44 bits per heavy atom. The first kappa shape index (κ1) is 41.6. The van der Waals surface area contributed by atoms with E-state index in [9.17, 15) is 18.0 Å². The second-order valence-electron chi connectivity index (χ2n) is 15.1. The molecule has 0 atom stereocenters. The molecule has 0 aliphatic carbocycles. The fourth-order valence-electron chi connectivity index (χ4n) is 6.58. The fraction of sp³-hybridized carbons (Fsp3) is 0.333. The number of ether oxygens (including phenoxy) is 2. The van der Waals surface area contributed by atoms with Gasteiger partial charge in [-0.25, -0.2) is 22.6 Å². The van der Waals surface area contributed by atoms with Crippen molar-refractivity contribution in [1.29, 1.82) is 0 Å². The van der Waals surface area contributed by atoms with Gasteiger partial charge in [-0.15, -0.1) is 11.3 Å². The molecule has 6 rings (SSSR count). The van der Waals surface area contributed by atoms with Crippen molar-refractivity contribution >= 4 is 50.8 Å². The SMILES string of the molecule is CC(=O)N1CCC(CCN(Cc2cc(-c3cc(-c4cccc(C)c4)ccc3Oc3cc(F)c(S(=O)(=O)Nc4cscn4)cc3Cl)ccn2)C(=O)OC(C)(C)C)CC1. The number of hydrogen-bond acceptors (Lipinski definition) is 9. The number of halogens is 2. The highest BCUT2D eigenvalue weighted by atomic mass is 35.5. The lowest BCUT2D eigenvalue weighted by atomic mass is 9.93. The summed E-state index contributed by atoms with van der Waals surface area (Å²) in [4.78, 5) is 36.8. The highest BCUT2D eigenvalue weighted by molar-refractivity contribution is 7.92. The van der Waals surface area contributed by atoms with Crippen LogP contribution in [0.25, 0.3) is 22.3 Å². The van der Waals surface area contributed by atoms with Gasteiger partial charge in [0.1, 0.15) is 27.8 Å². The van der Waals surface area contributed by atoms with Crippen molar-refractivity contribution < 1.29 is 31.9 Å². The largest absolute Gasteiger partial charge is 0.455 e. The van der Waals surface area contributed by atoms with E-state index in [1.54, 1.807) is 24.1 Å². The third kappa shape index (κ3) is 10.9. The van der Waals surface area contributed by atoms with E-state index in [2.05, 4.69) is 20.8 Å². The molecule has 1 fully saturated rings. The van der Waals surface area contributed by atoms with Crippen molar-refractivity contribution in [3.8, 4) is 33.8 Å². The van der Waals surface area contributed by atoms with Crippen molar-refractivity contribution in [1.82, 2.24) is 19.8 Å². The van der Waals surface area contributed by atoms with Crippen LogP contribution in [0.2, 0.25) is 5.02 Å². The van der Waals surface area contributed by atoms with Gasteiger partial charge in [-0.2, -0.15) is 0 Å². The molecule has 2 amide bonds. The van der Waals surface area contributed by atoms with E-state index in [0.29, 0.717) is 48.1 Å². The van der Waals surface area contributed by atoms with Gasteiger partial charge in [0, 0.05) is 49.8 Å². The zero-order chi connectivity index (χ0) is 40.9. The van der Waals surface area contributed by atoms with E-state index in [1.165, 1.54) is 22.2 Å². The molecule has 0 unspecified atom stereocenters. The lowest BCUT2D eigenvalue weighted by Gasteiger charge is -2.33. The smallest absolute Gasteiger partial charge is 0.410 e. The first-order valence-corrected chi connectivity index (χ1v) is 21.3. The van der Waals surface area contributed by atoms with Crippen molar-refractivity contribution in [2.75, 3.05) is 24.4 Å². The van der Waals surface area contributed by atoms with Gasteiger partial charge >= 0.3 is 6.09 Å². The third-order valence-electron chi connectivity index (χ3n) is 9.50. The second kappa shape index (κ2) is 17.6. The number of hydrogen-bond donors (Lipinski definition) is 1. The molecule has 11 nitrogen and oxygen atoms in total. The normalized spacial score (nSPS) is 13.6. The van der Waals surface area contributed by atoms with Crippen LogP contribution < -0.4 is 9.46 Å². The molecule has 0 spiro atoms. The van der Waals surface area contributed by atoms with Crippen LogP contribution >= 0.6 is 22.9 Å². The number of thiazole rings is 1. The summed E-state index contributed by atoms with van der Waals surface area (Å²) in [5.41, 5.74) is 5.60. The number of carbonyl (C=O) groups is 2. The summed E-state index contributed by atoms with van der Waals surface area (Å²) in [6, 6.07) is 19.2. The van der Waals surface area contributed by atoms with Gasteiger partial charge in [0.15, 0.2) is 5.82 Å². The van der Waals surface area contributed by atoms with Gasteiger partial charge in [-0.05, 0) is 99.9 Å². The Labute approximate surface area is 341 Å². The molecule has 57 heavy (non-hydrogen) atoms. The number of nitrogens with one attached hydrogen (secondary N) is 1. The fourth-order valence-corrected chi connectivity index (χ4v) is 8.49. The highest BCUT2D eigenvalue weighted by Crippen LogP contribution is 2.40. The minimum atomic E-state index is -4.34. The highest BCUT2D eigenvalue weighted by Gasteiger charge is 2.27. The quantitative estimate of drug-likeness (QED) is 0.132. The van der Waals surface area contributed by atoms with Gasteiger partial charge in [-0.1, -0.05) is 47.5 Å². The van der Waals surface area contributed by atoms with Gasteiger partial charge in [-0.3, -0.25) is 14.5 Å². The molecular formula is C42H45ClFN5O6S2. The van der Waals surface area contributed by atoms with E-state index >= 15 is 4.39 Å². The van der Waals surface area contributed by atoms with E-state index in [0.717, 1.165) is 48.1 Å². The zero-order valence-corrected chi connectivity index (χ0v) is 34.8. The number of piperidine rings is 1. The molecule has 1 saturated heterocycles. The van der Waals surface area contributed by atoms with Crippen LogP contribution in [-0.2, 0) is 26.1 Å². The van der Waals surface area contributed by atoms with E-state index in [4.69, 9.17) is 21.1 Å². The summed E-state index contributed by atoms with van der Waals surface area (Å²) in [7, 11) is -4.34. The Morgan fingerprint density at radius 2 is 1.75 bits per heavy atom. The molecule has 3 aromatic carbocycles. The Kier molecular flexibility index (Phi) is 12.8. The number of carbonyl (C=O) groups excluding carboxylic acids is 2. The van der Waals surface area contributed by atoms with Crippen molar-refractivity contribution in [2.24, 2.45) is 5.92 Å². The summed E-state index contributed by atoms with van der Waals surface area (Å²) in [5.74, 6) is -0.339. The average molecular weight is 834 g/mol. The molecule has 15 heteroatoms. The number of benzene rings is 3. The monoisotopic (exact) mass is 833 g/mol. The maximum absolute atomic E-state index is 15.5. The number of likely N-dealkylation sites (tertiary alicyclic amines) is 1. The number of aryl methyl sites for hydroxylation is 1. The summed E-state index contributed by atoms with van der Waals surface area (Å²) in [6.07, 6.45) is 3.68. The molecule has 0 bridgehead atoms. The maximum atomic E-state index is 15.5. The van der Waals surface area contributed by atoms with E-state index < -0.39 is 32.4 Å². The molecule has 1 aliphatic heterocycles. The standard InChI is InChI=1S/C42H45ClFN5O6S2/c1-27-7-6-8-30(19-27)31-9-10-37(54-38-23-36(44)39(22-35(38)43)57(52,53)47-40-25-56-26-46-40)34(21-31)32-11-15-45-33(20-32)24-49(41(51)55-42(3,4)5)18-14-29-12-16-48(17-13-29)28(2)50/h6-11,15,19-23,25-26,29,47H,12-14,16-18,24H2,1-5H3. The maximum Gasteiger partial charge on any atom is 0.410 e. The number of amides is 2. The minimum absolute atomic E-state index is 0.0616. The Bertz CT molecular complexity index is 2350. The lowest BCUT2D eigenvalue weighted by Crippen LogP contribution is -2.40. The van der Waals surface area contributed by atoms with Crippen molar-refractivity contribution in [3.63, 3.8) is 0 Å². The molecule has 1 N–H and O–H groups in total. The predicted octanol–water partition coefficient (Wildman–Crippen LogP) is 9.95. The van der Waals surface area contributed by atoms with Crippen LogP contribution in [-0.4, -0.2) is 65.4 Å². The lowest BCUT2D eigenvalue weighted by molar-refractivity contribution is -0.130. The second-order valence-corrected chi connectivity index (χ2v) is 17.8. The van der Waals surface area contributed by atoms with Crippen molar-refractivity contribution in [3.05, 3.63) is 106 Å². The zero-order valence-electron chi connectivity index (χ0n) is 32.4. The Hall–Kier alpha value is -5.05. The van der Waals surface area contributed by atoms with Crippen LogP contribution in [0, 0.1) is 18.7 Å². The average Bonchev–Trinajstić information content (AvgIpc) is 3.66. The molecule has 1 aliphatic rings. The van der Waals surface area contributed by atoms with Crippen LogP contribution in [0.15, 0.2) is 88.7 Å². The van der Waals surface area contributed by atoms with Crippen LogP contribution in [0.4, 0.5) is 15.0 Å². The van der Waals surface area contributed by atoms with E-state index in [-0.39, 0.29) is 29.0 Å². The number of pyridine rings is 1. The predicted molar refractivity (Wildman–Crippen MR) is 220 cm³/mol. The summed E-state index contributed by atoms with van der Waals surface area (Å²) in [6.45, 7) is 11.1. The molecule has 3 heterocycles. The number of anilines is 1. The van der Waals surface area contributed by atoms with Gasteiger partial charge in [0.25, 0.3) is 10.0 Å². The number of sulfonamides is 1. The first-order valence-electron chi connectivity index (χ1n) is 18.5. The van der Waals surface area contributed by atoms with Gasteiger partial charge < -0.3 is 19.3 Å². The summed E-state index contributed by atoms with van der Waals surface area (Å²) in [5, 5.41) is 1.36. The van der Waals surface area contributed by atoms with E-state index in [1.807, 2.05) is 75.1 Å². The molecular weight excluding hydrogens is 789 g/mol. The molecule has 2 aromatic heterocycles. The minimum Gasteiger partial charge on any atom is -0.455 e.